The first-order valence-corrected chi connectivity index (χ1v) is 6.06. The monoisotopic (exact) mass is 230 g/mol. The molecule has 0 unspecified atom stereocenters. The summed E-state index contributed by atoms with van der Waals surface area (Å²) < 4.78 is 35.5. The largest absolute Gasteiger partial charge is 0.315 e. The molecule has 6 heteroatoms. The third kappa shape index (κ3) is 2.01. The summed E-state index contributed by atoms with van der Waals surface area (Å²) in [6.07, 6.45) is 0. The van der Waals surface area contributed by atoms with Gasteiger partial charge in [0.2, 0.25) is 10.0 Å². The number of nitrogens with two attached hydrogens (primary N) is 1. The second-order valence-electron chi connectivity index (χ2n) is 3.58. The Balaban J connectivity index is 2.53. The number of primary sulfonamides is 1. The van der Waals surface area contributed by atoms with Gasteiger partial charge in [0.25, 0.3) is 0 Å². The van der Waals surface area contributed by atoms with Crippen LogP contribution in [0.3, 0.4) is 0 Å². The summed E-state index contributed by atoms with van der Waals surface area (Å²) in [7, 11) is -3.77. The Bertz CT molecular complexity index is 483. The summed E-state index contributed by atoms with van der Waals surface area (Å²) in [5.74, 6) is -0.404. The Morgan fingerprint density at radius 1 is 1.40 bits per heavy atom. The zero-order chi connectivity index (χ0) is 11.1. The van der Waals surface area contributed by atoms with E-state index in [1.165, 1.54) is 12.1 Å². The zero-order valence-corrected chi connectivity index (χ0v) is 8.72. The maximum Gasteiger partial charge on any atom is 0.238 e. The summed E-state index contributed by atoms with van der Waals surface area (Å²) in [5, 5.41) is 8.05. The lowest BCUT2D eigenvalue weighted by Gasteiger charge is -2.28. The van der Waals surface area contributed by atoms with Gasteiger partial charge in [-0.25, -0.2) is 17.9 Å². The summed E-state index contributed by atoms with van der Waals surface area (Å²) in [4.78, 5) is 0.0235. The molecule has 1 fully saturated rings. The van der Waals surface area contributed by atoms with Gasteiger partial charge in [0.1, 0.15) is 5.82 Å². The number of hydrogen-bond acceptors (Lipinski definition) is 3. The van der Waals surface area contributed by atoms with Crippen LogP contribution in [-0.4, -0.2) is 21.5 Å². The molecule has 2 rings (SSSR count). The molecular formula is C9H11FN2O2S. The number of hydrogen-bond donors (Lipinski definition) is 2. The third-order valence-electron chi connectivity index (χ3n) is 2.50. The van der Waals surface area contributed by atoms with Crippen LogP contribution in [0, 0.1) is 5.82 Å². The van der Waals surface area contributed by atoms with E-state index in [4.69, 9.17) is 5.14 Å². The predicted molar refractivity (Wildman–Crippen MR) is 53.4 cm³/mol. The summed E-state index contributed by atoms with van der Waals surface area (Å²) in [5.41, 5.74) is 0.469. The first kappa shape index (κ1) is 10.5. The quantitative estimate of drug-likeness (QED) is 0.760. The molecule has 0 bridgehead atoms. The first-order valence-electron chi connectivity index (χ1n) is 4.51. The highest BCUT2D eigenvalue weighted by Crippen LogP contribution is 2.26. The molecule has 1 aromatic rings. The van der Waals surface area contributed by atoms with Crippen LogP contribution in [0.1, 0.15) is 11.5 Å². The van der Waals surface area contributed by atoms with Gasteiger partial charge in [-0.05, 0) is 23.8 Å². The maximum atomic E-state index is 13.0. The van der Waals surface area contributed by atoms with Crippen molar-refractivity contribution in [3.63, 3.8) is 0 Å². The van der Waals surface area contributed by atoms with Crippen molar-refractivity contribution < 1.29 is 12.8 Å². The fourth-order valence-electron chi connectivity index (χ4n) is 1.61. The van der Waals surface area contributed by atoms with Crippen molar-refractivity contribution in [3.8, 4) is 0 Å². The van der Waals surface area contributed by atoms with Gasteiger partial charge in [-0.15, -0.1) is 0 Å². The Morgan fingerprint density at radius 2 is 2.07 bits per heavy atom. The van der Waals surface area contributed by atoms with Crippen molar-refractivity contribution >= 4 is 10.0 Å². The fraction of sp³-hybridized carbons (Fsp3) is 0.333. The van der Waals surface area contributed by atoms with Crippen molar-refractivity contribution in [1.82, 2.24) is 5.32 Å². The van der Waals surface area contributed by atoms with Gasteiger partial charge >= 0.3 is 0 Å². The van der Waals surface area contributed by atoms with E-state index in [1.807, 2.05) is 0 Å². The topological polar surface area (TPSA) is 72.2 Å². The van der Waals surface area contributed by atoms with E-state index in [1.54, 1.807) is 0 Å². The van der Waals surface area contributed by atoms with Crippen LogP contribution in [0.5, 0.6) is 0 Å². The van der Waals surface area contributed by atoms with Crippen molar-refractivity contribution in [2.45, 2.75) is 10.8 Å². The molecule has 4 nitrogen and oxygen atoms in total. The molecule has 1 aliphatic rings. The molecule has 0 radical (unpaired) electrons. The van der Waals surface area contributed by atoms with Gasteiger partial charge in [-0.2, -0.15) is 0 Å². The molecule has 1 saturated heterocycles. The van der Waals surface area contributed by atoms with Gasteiger partial charge in [0.15, 0.2) is 0 Å². The average molecular weight is 230 g/mol. The van der Waals surface area contributed by atoms with Crippen LogP contribution >= 0.6 is 0 Å². The first-order chi connectivity index (χ1) is 6.98. The van der Waals surface area contributed by atoms with Crippen LogP contribution in [0.15, 0.2) is 23.1 Å². The van der Waals surface area contributed by atoms with Crippen LogP contribution in [0.25, 0.3) is 0 Å². The van der Waals surface area contributed by atoms with Gasteiger partial charge in [0.05, 0.1) is 4.90 Å². The molecule has 15 heavy (non-hydrogen) atoms. The molecule has 1 aliphatic heterocycles. The highest BCUT2D eigenvalue weighted by atomic mass is 32.2. The van der Waals surface area contributed by atoms with E-state index < -0.39 is 15.8 Å². The normalized spacial score (nSPS) is 17.5. The van der Waals surface area contributed by atoms with Crippen molar-refractivity contribution in [3.05, 3.63) is 29.6 Å². The molecule has 0 atom stereocenters. The number of nitrogens with one attached hydrogen (secondary N) is 1. The van der Waals surface area contributed by atoms with E-state index in [2.05, 4.69) is 5.32 Å². The van der Waals surface area contributed by atoms with Crippen molar-refractivity contribution in [1.29, 1.82) is 0 Å². The SMILES string of the molecule is NS(=O)(=O)c1ccc(F)cc1C1CNC1. The maximum absolute atomic E-state index is 13.0. The molecule has 0 aliphatic carbocycles. The third-order valence-corrected chi connectivity index (χ3v) is 3.48. The number of benzene rings is 1. The van der Waals surface area contributed by atoms with Crippen molar-refractivity contribution in [2.75, 3.05) is 13.1 Å². The van der Waals surface area contributed by atoms with Gasteiger partial charge in [-0.1, -0.05) is 0 Å². The van der Waals surface area contributed by atoms with E-state index >= 15 is 0 Å². The highest BCUT2D eigenvalue weighted by Gasteiger charge is 2.25. The van der Waals surface area contributed by atoms with Crippen LogP contribution in [-0.2, 0) is 10.0 Å². The minimum Gasteiger partial charge on any atom is -0.315 e. The number of sulfonamides is 1. The second-order valence-corrected chi connectivity index (χ2v) is 5.11. The fourth-order valence-corrected chi connectivity index (χ4v) is 2.42. The zero-order valence-electron chi connectivity index (χ0n) is 7.90. The average Bonchev–Trinajstić information content (AvgIpc) is 1.98. The molecule has 3 N–H and O–H groups in total. The van der Waals surface area contributed by atoms with Gasteiger partial charge < -0.3 is 5.32 Å². The minimum atomic E-state index is -3.77. The Morgan fingerprint density at radius 3 is 2.53 bits per heavy atom. The standard InChI is InChI=1S/C9H11FN2O2S/c10-7-1-2-9(15(11,13)14)8(3-7)6-4-12-5-6/h1-3,6,12H,4-5H2,(H2,11,13,14). The Hall–Kier alpha value is -0.980. The van der Waals surface area contributed by atoms with E-state index in [-0.39, 0.29) is 10.8 Å². The minimum absolute atomic E-state index is 0.0235. The molecule has 0 spiro atoms. The van der Waals surface area contributed by atoms with E-state index in [0.717, 1.165) is 6.07 Å². The highest BCUT2D eigenvalue weighted by molar-refractivity contribution is 7.89. The van der Waals surface area contributed by atoms with Crippen LogP contribution in [0.2, 0.25) is 0 Å². The van der Waals surface area contributed by atoms with Crippen molar-refractivity contribution in [2.24, 2.45) is 5.14 Å². The summed E-state index contributed by atoms with van der Waals surface area (Å²) in [6, 6.07) is 3.57. The predicted octanol–water partition coefficient (Wildman–Crippen LogP) is 0.160. The van der Waals surface area contributed by atoms with E-state index in [0.29, 0.717) is 18.7 Å². The van der Waals surface area contributed by atoms with Gasteiger partial charge in [-0.3, -0.25) is 0 Å². The Kier molecular flexibility index (Phi) is 2.49. The molecule has 1 heterocycles. The van der Waals surface area contributed by atoms with Crippen LogP contribution < -0.4 is 10.5 Å². The summed E-state index contributed by atoms with van der Waals surface area (Å²) >= 11 is 0. The molecule has 0 amide bonds. The number of halogens is 1. The molecule has 0 aromatic heterocycles. The lowest BCUT2D eigenvalue weighted by Crippen LogP contribution is -2.40. The van der Waals surface area contributed by atoms with E-state index in [9.17, 15) is 12.8 Å². The lowest BCUT2D eigenvalue weighted by atomic mass is 9.94. The Labute approximate surface area is 87.3 Å². The number of rotatable bonds is 2. The molecular weight excluding hydrogens is 219 g/mol. The van der Waals surface area contributed by atoms with Gasteiger partial charge in [0, 0.05) is 19.0 Å². The second kappa shape index (κ2) is 3.55. The molecule has 82 valence electrons. The molecule has 0 saturated carbocycles. The van der Waals surface area contributed by atoms with Crippen LogP contribution in [0.4, 0.5) is 4.39 Å². The lowest BCUT2D eigenvalue weighted by molar-refractivity contribution is 0.439. The summed E-state index contributed by atoms with van der Waals surface area (Å²) in [6.45, 7) is 1.32. The smallest absolute Gasteiger partial charge is 0.238 e. The molecule has 1 aromatic carbocycles.